The fraction of sp³-hybridized carbons (Fsp3) is 0.333. The maximum atomic E-state index is 14.1. The number of aliphatic hydroxyl groups is 1. The summed E-state index contributed by atoms with van der Waals surface area (Å²) >= 11 is 3.69. The highest BCUT2D eigenvalue weighted by Gasteiger charge is 2.53. The second-order valence-electron chi connectivity index (χ2n) is 10.2. The lowest BCUT2D eigenvalue weighted by Gasteiger charge is -2.30. The molecule has 7 nitrogen and oxygen atoms in total. The monoisotopic (exact) mass is 619 g/mol. The molecule has 2 N–H and O–H groups in total. The number of aliphatic imine (C=N–C) groups is 1. The second-order valence-corrected chi connectivity index (χ2v) is 11.1. The Labute approximate surface area is 251 Å². The van der Waals surface area contributed by atoms with Gasteiger partial charge < -0.3 is 24.8 Å². The molecule has 4 rings (SSSR count). The molecular weight excluding hydrogens is 582 g/mol. The molecular formula is C33H38BrN3O4. The first-order valence-electron chi connectivity index (χ1n) is 13.9. The van der Waals surface area contributed by atoms with Gasteiger partial charge in [-0.2, -0.15) is 0 Å². The van der Waals surface area contributed by atoms with Crippen molar-refractivity contribution >= 4 is 33.8 Å². The SMILES string of the molecule is CN(C)CCCNC(=O)[C@]1(C/C=C/c2ccccc2)N=C(c2ccc(OCCCO)cc2)O[C@@H]1c1ccccc1Br. The minimum atomic E-state index is -1.22. The van der Waals surface area contributed by atoms with Gasteiger partial charge in [-0.15, -0.1) is 0 Å². The van der Waals surface area contributed by atoms with Gasteiger partial charge in [0.05, 0.1) is 6.61 Å². The second kappa shape index (κ2) is 15.0. The fourth-order valence-corrected chi connectivity index (χ4v) is 5.16. The van der Waals surface area contributed by atoms with Crippen LogP contribution in [0.25, 0.3) is 6.08 Å². The molecule has 1 aliphatic heterocycles. The van der Waals surface area contributed by atoms with Gasteiger partial charge in [-0.1, -0.05) is 76.6 Å². The molecule has 0 bridgehead atoms. The summed E-state index contributed by atoms with van der Waals surface area (Å²) < 4.78 is 13.1. The molecule has 0 aromatic heterocycles. The van der Waals surface area contributed by atoms with E-state index >= 15 is 0 Å². The minimum absolute atomic E-state index is 0.0805. The zero-order valence-electron chi connectivity index (χ0n) is 23.6. The van der Waals surface area contributed by atoms with Crippen molar-refractivity contribution in [2.75, 3.05) is 40.4 Å². The van der Waals surface area contributed by atoms with E-state index in [-0.39, 0.29) is 12.5 Å². The molecule has 0 aliphatic carbocycles. The van der Waals surface area contributed by atoms with Gasteiger partial charge in [-0.3, -0.25) is 4.79 Å². The van der Waals surface area contributed by atoms with Crippen LogP contribution < -0.4 is 10.1 Å². The highest BCUT2D eigenvalue weighted by molar-refractivity contribution is 9.10. The van der Waals surface area contributed by atoms with Crippen LogP contribution in [0.1, 0.15) is 42.1 Å². The topological polar surface area (TPSA) is 83.4 Å². The van der Waals surface area contributed by atoms with Gasteiger partial charge in [0, 0.05) is 41.6 Å². The van der Waals surface area contributed by atoms with Gasteiger partial charge in [0.2, 0.25) is 5.90 Å². The Bertz CT molecular complexity index is 1330. The van der Waals surface area contributed by atoms with E-state index in [4.69, 9.17) is 19.6 Å². The Morgan fingerprint density at radius 2 is 1.80 bits per heavy atom. The Morgan fingerprint density at radius 1 is 1.07 bits per heavy atom. The Morgan fingerprint density at radius 3 is 2.51 bits per heavy atom. The fourth-order valence-electron chi connectivity index (χ4n) is 4.67. The quantitative estimate of drug-likeness (QED) is 0.228. The minimum Gasteiger partial charge on any atom is -0.494 e. The molecule has 8 heteroatoms. The molecule has 0 saturated heterocycles. The number of carbonyl (C=O) groups is 1. The van der Waals surface area contributed by atoms with Crippen molar-refractivity contribution in [3.63, 3.8) is 0 Å². The summed E-state index contributed by atoms with van der Waals surface area (Å²) in [6.45, 7) is 1.92. The van der Waals surface area contributed by atoms with E-state index in [1.54, 1.807) is 0 Å². The largest absolute Gasteiger partial charge is 0.494 e. The van der Waals surface area contributed by atoms with E-state index < -0.39 is 11.6 Å². The number of amides is 1. The Balaban J connectivity index is 1.71. The molecule has 1 aliphatic rings. The lowest BCUT2D eigenvalue weighted by atomic mass is 9.84. The average Bonchev–Trinajstić information content (AvgIpc) is 3.37. The summed E-state index contributed by atoms with van der Waals surface area (Å²) in [6, 6.07) is 25.3. The number of nitrogens with zero attached hydrogens (tertiary/aromatic N) is 2. The number of rotatable bonds is 14. The first kappa shape index (κ1) is 30.5. The van der Waals surface area contributed by atoms with Gasteiger partial charge in [0.15, 0.2) is 11.6 Å². The number of ether oxygens (including phenoxy) is 2. The zero-order valence-corrected chi connectivity index (χ0v) is 25.2. The van der Waals surface area contributed by atoms with Crippen LogP contribution in [0, 0.1) is 0 Å². The first-order chi connectivity index (χ1) is 19.9. The average molecular weight is 621 g/mol. The molecule has 0 unspecified atom stereocenters. The summed E-state index contributed by atoms with van der Waals surface area (Å²) in [5.74, 6) is 0.928. The van der Waals surface area contributed by atoms with Crippen LogP contribution >= 0.6 is 15.9 Å². The lowest BCUT2D eigenvalue weighted by molar-refractivity contribution is -0.128. The number of halogens is 1. The van der Waals surface area contributed by atoms with Crippen molar-refractivity contribution in [3.8, 4) is 5.75 Å². The third kappa shape index (κ3) is 8.06. The van der Waals surface area contributed by atoms with E-state index in [9.17, 15) is 4.79 Å². The van der Waals surface area contributed by atoms with E-state index in [0.717, 1.165) is 34.1 Å². The van der Waals surface area contributed by atoms with E-state index in [1.165, 1.54) is 0 Å². The molecule has 3 aromatic rings. The lowest BCUT2D eigenvalue weighted by Crippen LogP contribution is -2.48. The summed E-state index contributed by atoms with van der Waals surface area (Å²) in [4.78, 5) is 21.3. The smallest absolute Gasteiger partial charge is 0.252 e. The molecule has 2 atom stereocenters. The molecule has 0 saturated carbocycles. The van der Waals surface area contributed by atoms with Crippen LogP contribution in [0.4, 0.5) is 0 Å². The molecule has 0 radical (unpaired) electrons. The van der Waals surface area contributed by atoms with Crippen LogP contribution in [-0.2, 0) is 9.53 Å². The summed E-state index contributed by atoms with van der Waals surface area (Å²) in [5, 5.41) is 12.2. The van der Waals surface area contributed by atoms with Crippen LogP contribution in [0.15, 0.2) is 94.4 Å². The van der Waals surface area contributed by atoms with Gasteiger partial charge in [0.1, 0.15) is 5.75 Å². The highest BCUT2D eigenvalue weighted by atomic mass is 79.9. The van der Waals surface area contributed by atoms with Crippen molar-refractivity contribution in [2.24, 2.45) is 4.99 Å². The highest BCUT2D eigenvalue weighted by Crippen LogP contribution is 2.45. The van der Waals surface area contributed by atoms with E-state index in [0.29, 0.717) is 37.6 Å². The predicted molar refractivity (Wildman–Crippen MR) is 167 cm³/mol. The van der Waals surface area contributed by atoms with Crippen molar-refractivity contribution < 1.29 is 19.4 Å². The standard InChI is InChI=1S/C33H38BrN3O4/c1-37(2)22-9-21-35-32(39)33(20-8-13-25-11-4-3-5-12-25)30(28-14-6-7-15-29(28)34)41-31(36-33)26-16-18-27(19-17-26)40-24-10-23-38/h3-8,11-19,30,38H,9-10,20-24H2,1-2H3,(H,35,39)/b13-8+/t30-,33-/m1/s1. The summed E-state index contributed by atoms with van der Waals surface area (Å²) in [5.41, 5.74) is 1.43. The third-order valence-electron chi connectivity index (χ3n) is 6.82. The number of nitrogens with one attached hydrogen (secondary N) is 1. The maximum Gasteiger partial charge on any atom is 0.252 e. The van der Waals surface area contributed by atoms with Gasteiger partial charge >= 0.3 is 0 Å². The summed E-state index contributed by atoms with van der Waals surface area (Å²) in [7, 11) is 4.04. The zero-order chi connectivity index (χ0) is 29.1. The van der Waals surface area contributed by atoms with E-state index in [1.807, 2.05) is 105 Å². The third-order valence-corrected chi connectivity index (χ3v) is 7.55. The molecule has 1 amide bonds. The molecule has 1 heterocycles. The Hall–Kier alpha value is -3.46. The van der Waals surface area contributed by atoms with Crippen LogP contribution in [0.5, 0.6) is 5.75 Å². The molecule has 3 aromatic carbocycles. The summed E-state index contributed by atoms with van der Waals surface area (Å²) in [6.07, 6.45) is 5.11. The number of benzene rings is 3. The number of hydrogen-bond donors (Lipinski definition) is 2. The van der Waals surface area contributed by atoms with E-state index in [2.05, 4.69) is 26.1 Å². The molecule has 216 valence electrons. The number of aliphatic hydroxyl groups excluding tert-OH is 1. The molecule has 0 fully saturated rings. The van der Waals surface area contributed by atoms with Crippen molar-refractivity contribution in [1.82, 2.24) is 10.2 Å². The molecule has 41 heavy (non-hydrogen) atoms. The van der Waals surface area contributed by atoms with Crippen LogP contribution in [0.2, 0.25) is 0 Å². The van der Waals surface area contributed by atoms with Crippen LogP contribution in [0.3, 0.4) is 0 Å². The van der Waals surface area contributed by atoms with Gasteiger partial charge in [0.25, 0.3) is 5.91 Å². The first-order valence-corrected chi connectivity index (χ1v) is 14.7. The van der Waals surface area contributed by atoms with Gasteiger partial charge in [-0.05, 0) is 63.0 Å². The van der Waals surface area contributed by atoms with Gasteiger partial charge in [-0.25, -0.2) is 4.99 Å². The predicted octanol–water partition coefficient (Wildman–Crippen LogP) is 5.64. The Kier molecular flexibility index (Phi) is 11.1. The van der Waals surface area contributed by atoms with Crippen molar-refractivity contribution in [2.45, 2.75) is 30.9 Å². The van der Waals surface area contributed by atoms with Crippen molar-refractivity contribution in [3.05, 3.63) is 106 Å². The molecule has 0 spiro atoms. The maximum absolute atomic E-state index is 14.1. The number of hydrogen-bond acceptors (Lipinski definition) is 6. The van der Waals surface area contributed by atoms with Crippen LogP contribution in [-0.4, -0.2) is 67.7 Å². The normalized spacial score (nSPS) is 18.4. The van der Waals surface area contributed by atoms with Crippen molar-refractivity contribution in [1.29, 1.82) is 0 Å². The number of carbonyl (C=O) groups excluding carboxylic acids is 1.